The third-order valence-electron chi connectivity index (χ3n) is 2.85. The normalized spacial score (nSPS) is 23.4. The van der Waals surface area contributed by atoms with Crippen LogP contribution in [0.3, 0.4) is 0 Å². The summed E-state index contributed by atoms with van der Waals surface area (Å²) in [5.41, 5.74) is 6.56. The zero-order chi connectivity index (χ0) is 12.5. The van der Waals surface area contributed by atoms with Crippen molar-refractivity contribution in [3.63, 3.8) is 0 Å². The molecule has 0 amide bonds. The van der Waals surface area contributed by atoms with Gasteiger partial charge in [0.05, 0.1) is 19.1 Å². The number of hydrogen-bond donors (Lipinski definition) is 1. The Morgan fingerprint density at radius 1 is 1.39 bits per heavy atom. The van der Waals surface area contributed by atoms with E-state index < -0.39 is 0 Å². The highest BCUT2D eigenvalue weighted by molar-refractivity contribution is 9.10. The fourth-order valence-corrected chi connectivity index (χ4v) is 2.29. The number of nitrogens with zero attached hydrogens (tertiary/aromatic N) is 3. The second-order valence-electron chi connectivity index (χ2n) is 4.10. The van der Waals surface area contributed by atoms with Gasteiger partial charge in [-0.1, -0.05) is 5.16 Å². The van der Waals surface area contributed by atoms with Crippen molar-refractivity contribution in [1.82, 2.24) is 15.1 Å². The molecule has 2 unspecified atom stereocenters. The molecule has 18 heavy (non-hydrogen) atoms. The van der Waals surface area contributed by atoms with E-state index in [1.165, 1.54) is 0 Å². The Balaban J connectivity index is 1.92. The van der Waals surface area contributed by atoms with E-state index in [4.69, 9.17) is 15.0 Å². The average Bonchev–Trinajstić information content (AvgIpc) is 2.98. The van der Waals surface area contributed by atoms with Crippen LogP contribution in [0.4, 0.5) is 0 Å². The molecule has 1 aliphatic rings. The Kier molecular flexibility index (Phi) is 3.11. The van der Waals surface area contributed by atoms with E-state index in [9.17, 15) is 0 Å². The number of rotatable bonds is 2. The Morgan fingerprint density at radius 3 is 3.00 bits per heavy atom. The zero-order valence-corrected chi connectivity index (χ0v) is 11.0. The van der Waals surface area contributed by atoms with E-state index in [-0.39, 0.29) is 12.0 Å². The van der Waals surface area contributed by atoms with Gasteiger partial charge in [-0.15, -0.1) is 0 Å². The molecule has 1 aliphatic heterocycles. The van der Waals surface area contributed by atoms with E-state index >= 15 is 0 Å². The molecule has 2 aromatic rings. The van der Waals surface area contributed by atoms with Crippen molar-refractivity contribution in [3.05, 3.63) is 28.7 Å². The Labute approximate surface area is 112 Å². The predicted octanol–water partition coefficient (Wildman–Crippen LogP) is 1.34. The molecule has 2 N–H and O–H groups in total. The molecule has 0 spiro atoms. The van der Waals surface area contributed by atoms with Crippen molar-refractivity contribution < 1.29 is 9.26 Å². The standard InChI is InChI=1S/C11H11BrN4O2/c12-7-2-1-3-14-9(7)10-15-11(18-16-10)6-4-17-5-8(6)13/h1-3,6,8H,4-5,13H2. The van der Waals surface area contributed by atoms with Crippen molar-refractivity contribution in [1.29, 1.82) is 0 Å². The van der Waals surface area contributed by atoms with Gasteiger partial charge in [-0.05, 0) is 28.1 Å². The van der Waals surface area contributed by atoms with Crippen molar-refractivity contribution in [2.75, 3.05) is 13.2 Å². The monoisotopic (exact) mass is 310 g/mol. The Hall–Kier alpha value is -1.31. The molecule has 94 valence electrons. The van der Waals surface area contributed by atoms with Crippen LogP contribution in [0.15, 0.2) is 27.3 Å². The maximum Gasteiger partial charge on any atom is 0.234 e. The topological polar surface area (TPSA) is 87.1 Å². The van der Waals surface area contributed by atoms with Crippen LogP contribution in [-0.4, -0.2) is 34.4 Å². The number of hydrogen-bond acceptors (Lipinski definition) is 6. The van der Waals surface area contributed by atoms with Gasteiger partial charge in [0, 0.05) is 16.7 Å². The summed E-state index contributed by atoms with van der Waals surface area (Å²) in [6, 6.07) is 3.61. The molecule has 1 fully saturated rings. The Morgan fingerprint density at radius 2 is 2.28 bits per heavy atom. The van der Waals surface area contributed by atoms with Gasteiger partial charge >= 0.3 is 0 Å². The molecule has 7 heteroatoms. The quantitative estimate of drug-likeness (QED) is 0.900. The molecule has 1 saturated heterocycles. The summed E-state index contributed by atoms with van der Waals surface area (Å²) in [6.45, 7) is 1.04. The summed E-state index contributed by atoms with van der Waals surface area (Å²) in [5, 5.41) is 3.94. The first-order chi connectivity index (χ1) is 8.75. The number of ether oxygens (including phenoxy) is 1. The van der Waals surface area contributed by atoms with Gasteiger partial charge in [-0.2, -0.15) is 4.98 Å². The van der Waals surface area contributed by atoms with Crippen LogP contribution in [0.25, 0.3) is 11.5 Å². The van der Waals surface area contributed by atoms with Gasteiger partial charge in [0.2, 0.25) is 11.7 Å². The first-order valence-electron chi connectivity index (χ1n) is 5.53. The van der Waals surface area contributed by atoms with Crippen LogP contribution < -0.4 is 5.73 Å². The van der Waals surface area contributed by atoms with Crippen molar-refractivity contribution in [2.45, 2.75) is 12.0 Å². The van der Waals surface area contributed by atoms with E-state index in [1.807, 2.05) is 12.1 Å². The summed E-state index contributed by atoms with van der Waals surface area (Å²) in [4.78, 5) is 8.56. The van der Waals surface area contributed by atoms with Crippen molar-refractivity contribution in [2.24, 2.45) is 5.73 Å². The van der Waals surface area contributed by atoms with Crippen molar-refractivity contribution >= 4 is 15.9 Å². The highest BCUT2D eigenvalue weighted by atomic mass is 79.9. The maximum atomic E-state index is 5.91. The smallest absolute Gasteiger partial charge is 0.234 e. The Bertz CT molecular complexity index is 559. The minimum atomic E-state index is -0.0922. The van der Waals surface area contributed by atoms with Gasteiger partial charge < -0.3 is 15.0 Å². The molecule has 3 rings (SSSR count). The second-order valence-corrected chi connectivity index (χ2v) is 4.95. The van der Waals surface area contributed by atoms with Gasteiger partial charge in [-0.25, -0.2) is 0 Å². The third-order valence-corrected chi connectivity index (χ3v) is 3.49. The number of pyridine rings is 1. The van der Waals surface area contributed by atoms with Crippen LogP contribution in [0.1, 0.15) is 11.8 Å². The minimum absolute atomic E-state index is 0.0336. The van der Waals surface area contributed by atoms with Gasteiger partial charge in [-0.3, -0.25) is 4.98 Å². The van der Waals surface area contributed by atoms with E-state index in [1.54, 1.807) is 6.20 Å². The molecule has 6 nitrogen and oxygen atoms in total. The van der Waals surface area contributed by atoms with Crippen molar-refractivity contribution in [3.8, 4) is 11.5 Å². The maximum absolute atomic E-state index is 5.91. The van der Waals surface area contributed by atoms with Crippen LogP contribution >= 0.6 is 15.9 Å². The molecule has 0 saturated carbocycles. The molecule has 0 aromatic carbocycles. The largest absolute Gasteiger partial charge is 0.379 e. The molecule has 0 aliphatic carbocycles. The molecular weight excluding hydrogens is 300 g/mol. The summed E-state index contributed by atoms with van der Waals surface area (Å²) in [6.07, 6.45) is 1.68. The SMILES string of the molecule is NC1COCC1c1nc(-c2ncccc2Br)no1. The molecule has 3 heterocycles. The molecule has 0 bridgehead atoms. The molecule has 0 radical (unpaired) electrons. The van der Waals surface area contributed by atoms with E-state index in [2.05, 4.69) is 31.1 Å². The predicted molar refractivity (Wildman–Crippen MR) is 66.8 cm³/mol. The van der Waals surface area contributed by atoms with E-state index in [0.29, 0.717) is 30.6 Å². The third kappa shape index (κ3) is 2.05. The van der Waals surface area contributed by atoms with Crippen LogP contribution in [0, 0.1) is 0 Å². The highest BCUT2D eigenvalue weighted by Crippen LogP contribution is 2.27. The molecular formula is C11H11BrN4O2. The summed E-state index contributed by atoms with van der Waals surface area (Å²) in [7, 11) is 0. The fourth-order valence-electron chi connectivity index (χ4n) is 1.86. The van der Waals surface area contributed by atoms with Gasteiger partial charge in [0.25, 0.3) is 0 Å². The zero-order valence-electron chi connectivity index (χ0n) is 9.41. The van der Waals surface area contributed by atoms with Gasteiger partial charge in [0.15, 0.2) is 0 Å². The number of nitrogens with two attached hydrogens (primary N) is 1. The average molecular weight is 311 g/mol. The highest BCUT2D eigenvalue weighted by Gasteiger charge is 2.31. The van der Waals surface area contributed by atoms with Gasteiger partial charge in [0.1, 0.15) is 5.69 Å². The second kappa shape index (κ2) is 4.75. The molecule has 2 atom stereocenters. The van der Waals surface area contributed by atoms with E-state index in [0.717, 1.165) is 4.47 Å². The van der Waals surface area contributed by atoms with Crippen LogP contribution in [0.5, 0.6) is 0 Å². The van der Waals surface area contributed by atoms with Crippen LogP contribution in [-0.2, 0) is 4.74 Å². The van der Waals surface area contributed by atoms with Crippen LogP contribution in [0.2, 0.25) is 0 Å². The number of aromatic nitrogens is 3. The fraction of sp³-hybridized carbons (Fsp3) is 0.364. The lowest BCUT2D eigenvalue weighted by Crippen LogP contribution is -2.27. The first-order valence-corrected chi connectivity index (χ1v) is 6.33. The lowest BCUT2D eigenvalue weighted by molar-refractivity contribution is 0.187. The first kappa shape index (κ1) is 11.8. The number of halogens is 1. The minimum Gasteiger partial charge on any atom is -0.379 e. The lowest BCUT2D eigenvalue weighted by Gasteiger charge is -2.06. The lowest BCUT2D eigenvalue weighted by atomic mass is 10.1. The summed E-state index contributed by atoms with van der Waals surface area (Å²) in [5.74, 6) is 0.929. The summed E-state index contributed by atoms with van der Waals surface area (Å²) < 4.78 is 11.4. The summed E-state index contributed by atoms with van der Waals surface area (Å²) >= 11 is 3.40. The molecule has 2 aromatic heterocycles.